The van der Waals surface area contributed by atoms with Crippen LogP contribution in [0.15, 0.2) is 66.7 Å². The van der Waals surface area contributed by atoms with Crippen LogP contribution in [0.3, 0.4) is 0 Å². The molecule has 4 rings (SSSR count). The first-order valence-corrected chi connectivity index (χ1v) is 11.1. The number of allylic oxidation sites excluding steroid dienone is 1. The number of carbonyl (C=O) groups excluding carboxylic acids is 1. The summed E-state index contributed by atoms with van der Waals surface area (Å²) in [5, 5.41) is 12.1. The zero-order valence-corrected chi connectivity index (χ0v) is 18.4. The molecule has 4 heteroatoms. The number of hydrogen-bond acceptors (Lipinski definition) is 2. The molecule has 1 amide bonds. The van der Waals surface area contributed by atoms with E-state index >= 15 is 0 Å². The maximum absolute atomic E-state index is 13.5. The summed E-state index contributed by atoms with van der Waals surface area (Å²) in [6, 6.07) is 17.0. The number of aromatic carboxylic acids is 1. The number of carboxylic acid groups (broad SMARTS) is 1. The molecule has 0 bridgehead atoms. The van der Waals surface area contributed by atoms with Gasteiger partial charge in [0, 0.05) is 5.69 Å². The maximum Gasteiger partial charge on any atom is 0.335 e. The van der Waals surface area contributed by atoms with Crippen LogP contribution in [0, 0.1) is 29.1 Å². The first kappa shape index (κ1) is 21.4. The smallest absolute Gasteiger partial charge is 0.335 e. The van der Waals surface area contributed by atoms with E-state index in [4.69, 9.17) is 5.11 Å². The second-order valence-electron chi connectivity index (χ2n) is 9.85. The van der Waals surface area contributed by atoms with Gasteiger partial charge in [0.05, 0.1) is 11.5 Å². The molecule has 5 atom stereocenters. The SMILES string of the molecule is CC1CC(C)(C)C2CC=CC(C(=O)Nc3ccc(C(=O)O)cc3)C2C1c1ccccc1. The molecule has 1 fully saturated rings. The van der Waals surface area contributed by atoms with Gasteiger partial charge in [0.1, 0.15) is 0 Å². The molecule has 0 aliphatic heterocycles. The average Bonchev–Trinajstić information content (AvgIpc) is 2.74. The van der Waals surface area contributed by atoms with E-state index in [0.717, 1.165) is 12.8 Å². The first-order valence-electron chi connectivity index (χ1n) is 11.1. The number of carbonyl (C=O) groups is 2. The Morgan fingerprint density at radius 2 is 1.71 bits per heavy atom. The fraction of sp³-hybridized carbons (Fsp3) is 0.407. The number of benzene rings is 2. The number of hydrogen-bond donors (Lipinski definition) is 2. The van der Waals surface area contributed by atoms with Gasteiger partial charge in [-0.05, 0) is 71.8 Å². The molecule has 2 aliphatic carbocycles. The summed E-state index contributed by atoms with van der Waals surface area (Å²) in [6.45, 7) is 7.02. The van der Waals surface area contributed by atoms with E-state index in [1.807, 2.05) is 6.07 Å². The summed E-state index contributed by atoms with van der Waals surface area (Å²) in [5.41, 5.74) is 2.33. The third-order valence-electron chi connectivity index (χ3n) is 7.38. The van der Waals surface area contributed by atoms with E-state index < -0.39 is 5.97 Å². The minimum atomic E-state index is -0.972. The Hall–Kier alpha value is -2.88. The maximum atomic E-state index is 13.5. The Balaban J connectivity index is 1.65. The molecule has 0 saturated heterocycles. The zero-order valence-electron chi connectivity index (χ0n) is 18.4. The molecule has 5 unspecified atom stereocenters. The van der Waals surface area contributed by atoms with Crippen LogP contribution in [-0.2, 0) is 4.79 Å². The number of fused-ring (bicyclic) bond motifs is 1. The predicted molar refractivity (Wildman–Crippen MR) is 123 cm³/mol. The number of nitrogens with one attached hydrogen (secondary N) is 1. The van der Waals surface area contributed by atoms with E-state index in [2.05, 4.69) is 62.5 Å². The first-order chi connectivity index (χ1) is 14.8. The number of anilines is 1. The average molecular weight is 418 g/mol. The molecular formula is C27H31NO3. The van der Waals surface area contributed by atoms with Crippen LogP contribution in [0.2, 0.25) is 0 Å². The topological polar surface area (TPSA) is 66.4 Å². The highest BCUT2D eigenvalue weighted by molar-refractivity contribution is 5.95. The highest BCUT2D eigenvalue weighted by Crippen LogP contribution is 2.58. The van der Waals surface area contributed by atoms with Gasteiger partial charge in [0.25, 0.3) is 0 Å². The molecule has 31 heavy (non-hydrogen) atoms. The van der Waals surface area contributed by atoms with Crippen LogP contribution in [0.4, 0.5) is 5.69 Å². The lowest BCUT2D eigenvalue weighted by molar-refractivity contribution is -0.123. The molecular weight excluding hydrogens is 386 g/mol. The highest BCUT2D eigenvalue weighted by Gasteiger charge is 2.51. The minimum Gasteiger partial charge on any atom is -0.478 e. The van der Waals surface area contributed by atoms with Gasteiger partial charge in [0.15, 0.2) is 0 Å². The fourth-order valence-corrected chi connectivity index (χ4v) is 6.12. The molecule has 0 radical (unpaired) electrons. The lowest BCUT2D eigenvalue weighted by Gasteiger charge is -2.54. The standard InChI is InChI=1S/C27H31NO3/c1-17-16-27(2,3)22-11-7-10-21(24(22)23(17)18-8-5-4-6-9-18)25(29)28-20-14-12-19(13-15-20)26(30)31/h4-10,12-15,17,21-24H,11,16H2,1-3H3,(H,28,29)(H,30,31). The van der Waals surface area contributed by atoms with Gasteiger partial charge in [0.2, 0.25) is 5.91 Å². The lowest BCUT2D eigenvalue weighted by atomic mass is 9.50. The molecule has 0 aromatic heterocycles. The van der Waals surface area contributed by atoms with Crippen molar-refractivity contribution in [1.82, 2.24) is 0 Å². The monoisotopic (exact) mass is 417 g/mol. The van der Waals surface area contributed by atoms with Crippen molar-refractivity contribution in [1.29, 1.82) is 0 Å². The van der Waals surface area contributed by atoms with Crippen LogP contribution in [0.5, 0.6) is 0 Å². The van der Waals surface area contributed by atoms with Gasteiger partial charge >= 0.3 is 5.97 Å². The van der Waals surface area contributed by atoms with E-state index in [9.17, 15) is 9.59 Å². The normalized spacial score (nSPS) is 29.1. The number of rotatable bonds is 4. The van der Waals surface area contributed by atoms with Gasteiger partial charge in [-0.2, -0.15) is 0 Å². The molecule has 4 nitrogen and oxygen atoms in total. The van der Waals surface area contributed by atoms with Crippen molar-refractivity contribution in [2.24, 2.45) is 29.1 Å². The highest BCUT2D eigenvalue weighted by atomic mass is 16.4. The van der Waals surface area contributed by atoms with Crippen molar-refractivity contribution in [3.8, 4) is 0 Å². The van der Waals surface area contributed by atoms with Crippen molar-refractivity contribution in [2.45, 2.75) is 39.5 Å². The molecule has 0 spiro atoms. The van der Waals surface area contributed by atoms with Gasteiger partial charge in [-0.3, -0.25) is 4.79 Å². The van der Waals surface area contributed by atoms with E-state index in [1.54, 1.807) is 12.1 Å². The zero-order chi connectivity index (χ0) is 22.2. The van der Waals surface area contributed by atoms with Crippen molar-refractivity contribution >= 4 is 17.6 Å². The third kappa shape index (κ3) is 4.16. The van der Waals surface area contributed by atoms with Crippen LogP contribution < -0.4 is 5.32 Å². The van der Waals surface area contributed by atoms with Crippen molar-refractivity contribution < 1.29 is 14.7 Å². The Kier molecular flexibility index (Phi) is 5.74. The quantitative estimate of drug-likeness (QED) is 0.601. The van der Waals surface area contributed by atoms with Crippen molar-refractivity contribution in [2.75, 3.05) is 5.32 Å². The summed E-state index contributed by atoms with van der Waals surface area (Å²) in [5.74, 6) is 0.267. The summed E-state index contributed by atoms with van der Waals surface area (Å²) < 4.78 is 0. The molecule has 162 valence electrons. The van der Waals surface area contributed by atoms with Gasteiger partial charge in [-0.1, -0.05) is 63.3 Å². The van der Waals surface area contributed by atoms with Crippen molar-refractivity contribution in [3.05, 3.63) is 77.9 Å². The van der Waals surface area contributed by atoms with E-state index in [-0.39, 0.29) is 28.7 Å². The Morgan fingerprint density at radius 3 is 2.35 bits per heavy atom. The molecule has 2 aromatic carbocycles. The molecule has 2 N–H and O–H groups in total. The fourth-order valence-electron chi connectivity index (χ4n) is 6.12. The molecule has 2 aliphatic rings. The van der Waals surface area contributed by atoms with Crippen LogP contribution in [0.25, 0.3) is 0 Å². The van der Waals surface area contributed by atoms with Gasteiger partial charge < -0.3 is 10.4 Å². The van der Waals surface area contributed by atoms with Gasteiger partial charge in [-0.15, -0.1) is 0 Å². The Labute approximate surface area is 184 Å². The summed E-state index contributed by atoms with van der Waals surface area (Å²) in [7, 11) is 0. The third-order valence-corrected chi connectivity index (χ3v) is 7.38. The second-order valence-corrected chi connectivity index (χ2v) is 9.85. The van der Waals surface area contributed by atoms with E-state index in [0.29, 0.717) is 23.4 Å². The number of carboxylic acids is 1. The number of amides is 1. The summed E-state index contributed by atoms with van der Waals surface area (Å²) >= 11 is 0. The van der Waals surface area contributed by atoms with E-state index in [1.165, 1.54) is 17.7 Å². The van der Waals surface area contributed by atoms with Crippen molar-refractivity contribution in [3.63, 3.8) is 0 Å². The summed E-state index contributed by atoms with van der Waals surface area (Å²) in [4.78, 5) is 24.6. The predicted octanol–water partition coefficient (Wildman–Crippen LogP) is 5.98. The second kappa shape index (κ2) is 8.33. The molecule has 0 heterocycles. The molecule has 2 aromatic rings. The molecule has 1 saturated carbocycles. The van der Waals surface area contributed by atoms with Crippen LogP contribution in [-0.4, -0.2) is 17.0 Å². The van der Waals surface area contributed by atoms with Crippen LogP contribution >= 0.6 is 0 Å². The summed E-state index contributed by atoms with van der Waals surface area (Å²) in [6.07, 6.45) is 6.42. The Bertz CT molecular complexity index is 977. The van der Waals surface area contributed by atoms with Gasteiger partial charge in [-0.25, -0.2) is 4.79 Å². The minimum absolute atomic E-state index is 0.0140. The van der Waals surface area contributed by atoms with Crippen LogP contribution in [0.1, 0.15) is 55.5 Å². The largest absolute Gasteiger partial charge is 0.478 e. The Morgan fingerprint density at radius 1 is 1.03 bits per heavy atom. The lowest BCUT2D eigenvalue weighted by Crippen LogP contribution is -2.49.